The van der Waals surface area contributed by atoms with Crippen LogP contribution in [0.3, 0.4) is 0 Å². The summed E-state index contributed by atoms with van der Waals surface area (Å²) in [5.41, 5.74) is 3.59. The highest BCUT2D eigenvalue weighted by molar-refractivity contribution is 9.10. The number of fused-ring (bicyclic) bond motifs is 1. The Labute approximate surface area is 172 Å². The molecular weight excluding hydrogens is 420 g/mol. The van der Waals surface area contributed by atoms with Gasteiger partial charge in [0.1, 0.15) is 11.0 Å². The van der Waals surface area contributed by atoms with Crippen LogP contribution >= 0.6 is 15.9 Å². The van der Waals surface area contributed by atoms with Gasteiger partial charge in [-0.25, -0.2) is 0 Å². The number of rotatable bonds is 4. The van der Waals surface area contributed by atoms with Gasteiger partial charge < -0.3 is 15.1 Å². The van der Waals surface area contributed by atoms with Crippen LogP contribution in [0.25, 0.3) is 11.0 Å². The second-order valence-electron chi connectivity index (χ2n) is 7.29. The molecule has 1 aliphatic rings. The fourth-order valence-corrected chi connectivity index (χ4v) is 4.11. The first-order chi connectivity index (χ1) is 13.5. The molecule has 0 radical (unpaired) electrons. The maximum absolute atomic E-state index is 12.7. The molecule has 1 amide bonds. The van der Waals surface area contributed by atoms with Crippen LogP contribution in [0.15, 0.2) is 40.9 Å². The first kappa shape index (κ1) is 18.9. The number of anilines is 2. The molecule has 8 heteroatoms. The molecule has 0 spiro atoms. The molecule has 146 valence electrons. The van der Waals surface area contributed by atoms with Crippen LogP contribution in [0.1, 0.15) is 23.2 Å². The Hall–Kier alpha value is -2.45. The van der Waals surface area contributed by atoms with E-state index in [1.165, 1.54) is 12.8 Å². The number of carbonyl (C=O) groups is 1. The molecule has 0 saturated carbocycles. The highest BCUT2D eigenvalue weighted by Gasteiger charge is 2.21. The van der Waals surface area contributed by atoms with Crippen molar-refractivity contribution < 1.29 is 4.79 Å². The lowest BCUT2D eigenvalue weighted by atomic mass is 10.0. The summed E-state index contributed by atoms with van der Waals surface area (Å²) in [6.07, 6.45) is 2.34. The molecule has 28 heavy (non-hydrogen) atoms. The van der Waals surface area contributed by atoms with E-state index in [4.69, 9.17) is 0 Å². The number of aromatic nitrogens is 3. The summed E-state index contributed by atoms with van der Waals surface area (Å²) in [6.45, 7) is 2.26. The molecule has 0 bridgehead atoms. The predicted octanol–water partition coefficient (Wildman–Crippen LogP) is 3.50. The van der Waals surface area contributed by atoms with Crippen molar-refractivity contribution in [2.45, 2.75) is 18.9 Å². The van der Waals surface area contributed by atoms with Crippen LogP contribution < -0.4 is 10.2 Å². The number of likely N-dealkylation sites (tertiary alicyclic amines) is 1. The maximum Gasteiger partial charge on any atom is 0.258 e. The Morgan fingerprint density at radius 1 is 1.21 bits per heavy atom. The first-order valence-electron chi connectivity index (χ1n) is 9.34. The number of hydrogen-bond acceptors (Lipinski definition) is 5. The van der Waals surface area contributed by atoms with Gasteiger partial charge >= 0.3 is 0 Å². The van der Waals surface area contributed by atoms with Crippen LogP contribution in [-0.4, -0.2) is 59.4 Å². The van der Waals surface area contributed by atoms with Crippen molar-refractivity contribution >= 4 is 44.2 Å². The average Bonchev–Trinajstić information content (AvgIpc) is 3.16. The van der Waals surface area contributed by atoms with Crippen molar-refractivity contribution in [3.8, 4) is 0 Å². The number of benzene rings is 2. The summed E-state index contributed by atoms with van der Waals surface area (Å²) in [5.74, 6) is -0.211. The Kier molecular flexibility index (Phi) is 5.32. The molecule has 7 nitrogen and oxygen atoms in total. The smallest absolute Gasteiger partial charge is 0.258 e. The van der Waals surface area contributed by atoms with Crippen molar-refractivity contribution in [2.75, 3.05) is 37.4 Å². The van der Waals surface area contributed by atoms with E-state index in [0.717, 1.165) is 28.9 Å². The van der Waals surface area contributed by atoms with Crippen molar-refractivity contribution in [1.82, 2.24) is 20.3 Å². The zero-order chi connectivity index (χ0) is 19.7. The van der Waals surface area contributed by atoms with E-state index in [1.807, 2.05) is 18.2 Å². The van der Waals surface area contributed by atoms with E-state index in [-0.39, 0.29) is 5.91 Å². The van der Waals surface area contributed by atoms with E-state index in [2.05, 4.69) is 72.7 Å². The molecule has 4 rings (SSSR count). The average molecular weight is 443 g/mol. The largest absolute Gasteiger partial charge is 0.372 e. The number of carbonyl (C=O) groups excluding carboxylic acids is 1. The van der Waals surface area contributed by atoms with E-state index < -0.39 is 0 Å². The monoisotopic (exact) mass is 442 g/mol. The third-order valence-corrected chi connectivity index (χ3v) is 5.86. The highest BCUT2D eigenvalue weighted by atomic mass is 79.9. The van der Waals surface area contributed by atoms with Gasteiger partial charge in [0.2, 0.25) is 0 Å². The van der Waals surface area contributed by atoms with Crippen molar-refractivity contribution in [2.24, 2.45) is 0 Å². The maximum atomic E-state index is 12.7. The fourth-order valence-electron chi connectivity index (χ4n) is 3.66. The van der Waals surface area contributed by atoms with Crippen LogP contribution in [-0.2, 0) is 0 Å². The molecule has 2 aromatic carbocycles. The summed E-state index contributed by atoms with van der Waals surface area (Å²) in [6, 6.07) is 12.1. The Balaban J connectivity index is 1.47. The van der Waals surface area contributed by atoms with Crippen LogP contribution in [0.5, 0.6) is 0 Å². The lowest BCUT2D eigenvalue weighted by Crippen LogP contribution is -2.41. The van der Waals surface area contributed by atoms with E-state index in [0.29, 0.717) is 22.6 Å². The predicted molar refractivity (Wildman–Crippen MR) is 115 cm³/mol. The zero-order valence-corrected chi connectivity index (χ0v) is 17.5. The van der Waals surface area contributed by atoms with Crippen molar-refractivity contribution in [1.29, 1.82) is 0 Å². The third-order valence-electron chi connectivity index (χ3n) is 5.40. The van der Waals surface area contributed by atoms with Gasteiger partial charge in [0.15, 0.2) is 0 Å². The summed E-state index contributed by atoms with van der Waals surface area (Å²) in [4.78, 5) is 17.5. The molecule has 2 N–H and O–H groups in total. The van der Waals surface area contributed by atoms with Gasteiger partial charge in [0, 0.05) is 28.9 Å². The SMILES string of the molecule is CN1CCC(N(C)c2ccc(NC(=O)c3cc(Br)cc4n[nH]nc34)cc2)CC1. The Bertz CT molecular complexity index is 978. The molecule has 3 aromatic rings. The van der Waals surface area contributed by atoms with Crippen molar-refractivity contribution in [3.05, 3.63) is 46.4 Å². The zero-order valence-electron chi connectivity index (χ0n) is 15.9. The second-order valence-corrected chi connectivity index (χ2v) is 8.21. The molecule has 1 aromatic heterocycles. The number of hydrogen-bond donors (Lipinski definition) is 2. The standard InChI is InChI=1S/C20H23BrN6O/c1-26-9-7-16(8-10-26)27(2)15-5-3-14(4-6-15)22-20(28)17-11-13(21)12-18-19(17)24-25-23-18/h3-6,11-12,16H,7-10H2,1-2H3,(H,22,28)(H,23,24,25). The van der Waals surface area contributed by atoms with Gasteiger partial charge in [0.05, 0.1) is 5.56 Å². The summed E-state index contributed by atoms with van der Waals surface area (Å²) >= 11 is 3.42. The minimum atomic E-state index is -0.211. The van der Waals surface area contributed by atoms with Gasteiger partial charge in [-0.15, -0.1) is 0 Å². The molecule has 1 saturated heterocycles. The van der Waals surface area contributed by atoms with Crippen LogP contribution in [0.2, 0.25) is 0 Å². The minimum Gasteiger partial charge on any atom is -0.372 e. The first-order valence-corrected chi connectivity index (χ1v) is 10.1. The van der Waals surface area contributed by atoms with Gasteiger partial charge in [0.25, 0.3) is 5.91 Å². The van der Waals surface area contributed by atoms with Crippen LogP contribution in [0, 0.1) is 0 Å². The van der Waals surface area contributed by atoms with E-state index in [9.17, 15) is 4.79 Å². The molecule has 1 aliphatic heterocycles. The quantitative estimate of drug-likeness (QED) is 0.646. The van der Waals surface area contributed by atoms with Crippen LogP contribution in [0.4, 0.5) is 11.4 Å². The normalized spacial score (nSPS) is 15.7. The summed E-state index contributed by atoms with van der Waals surface area (Å²) < 4.78 is 0.786. The summed E-state index contributed by atoms with van der Waals surface area (Å²) in [5, 5.41) is 13.7. The Morgan fingerprint density at radius 2 is 1.93 bits per heavy atom. The topological polar surface area (TPSA) is 77.1 Å². The van der Waals surface area contributed by atoms with Gasteiger partial charge in [-0.1, -0.05) is 15.9 Å². The number of nitrogens with zero attached hydrogens (tertiary/aromatic N) is 4. The van der Waals surface area contributed by atoms with E-state index in [1.54, 1.807) is 6.07 Å². The van der Waals surface area contributed by atoms with Gasteiger partial charge in [-0.2, -0.15) is 15.4 Å². The number of nitrogens with one attached hydrogen (secondary N) is 2. The third kappa shape index (κ3) is 3.88. The minimum absolute atomic E-state index is 0.211. The van der Waals surface area contributed by atoms with Gasteiger partial charge in [-0.3, -0.25) is 4.79 Å². The number of piperidine rings is 1. The molecule has 0 unspecified atom stereocenters. The lowest BCUT2D eigenvalue weighted by molar-refractivity contribution is 0.102. The molecule has 2 heterocycles. The van der Waals surface area contributed by atoms with Crippen molar-refractivity contribution in [3.63, 3.8) is 0 Å². The summed E-state index contributed by atoms with van der Waals surface area (Å²) in [7, 11) is 4.32. The number of halogens is 1. The fraction of sp³-hybridized carbons (Fsp3) is 0.350. The number of amides is 1. The molecular formula is C20H23BrN6O. The number of aromatic amines is 1. The Morgan fingerprint density at radius 3 is 2.64 bits per heavy atom. The van der Waals surface area contributed by atoms with E-state index >= 15 is 0 Å². The molecule has 1 fully saturated rings. The molecule has 0 aliphatic carbocycles. The highest BCUT2D eigenvalue weighted by Crippen LogP contribution is 2.25. The second kappa shape index (κ2) is 7.89. The number of H-pyrrole nitrogens is 1. The lowest BCUT2D eigenvalue weighted by Gasteiger charge is -2.36. The molecule has 0 atom stereocenters. The van der Waals surface area contributed by atoms with Gasteiger partial charge in [-0.05, 0) is 69.4 Å².